The highest BCUT2D eigenvalue weighted by Gasteiger charge is 2.07. The molecule has 1 aliphatic carbocycles. The highest BCUT2D eigenvalue weighted by molar-refractivity contribution is 5.63. The number of allylic oxidation sites excluding steroid dienone is 1. The molecule has 1 aromatic carbocycles. The summed E-state index contributed by atoms with van der Waals surface area (Å²) in [7, 11) is 1.66. The first-order valence-corrected chi connectivity index (χ1v) is 8.92. The molecule has 0 aliphatic heterocycles. The van der Waals surface area contributed by atoms with Gasteiger partial charge in [0.2, 0.25) is 5.95 Å². The standard InChI is InChI=1S/C20H26N4O/c1-15-14-19(21-13-12-16-8-4-3-5-9-16)24-20(22-15)23-17-10-6-7-11-18(17)25-2/h6-8,10-11,14H,3-5,9,12-13H2,1-2H3,(H2,21,22,23,24). The summed E-state index contributed by atoms with van der Waals surface area (Å²) in [6.07, 6.45) is 8.61. The van der Waals surface area contributed by atoms with Gasteiger partial charge in [0, 0.05) is 18.3 Å². The van der Waals surface area contributed by atoms with Gasteiger partial charge in [-0.25, -0.2) is 4.98 Å². The first-order valence-electron chi connectivity index (χ1n) is 8.92. The summed E-state index contributed by atoms with van der Waals surface area (Å²) in [5, 5.41) is 6.67. The summed E-state index contributed by atoms with van der Waals surface area (Å²) in [4.78, 5) is 9.05. The van der Waals surface area contributed by atoms with Crippen molar-refractivity contribution in [3.05, 3.63) is 47.7 Å². The first kappa shape index (κ1) is 17.3. The van der Waals surface area contributed by atoms with Gasteiger partial charge in [-0.3, -0.25) is 0 Å². The minimum Gasteiger partial charge on any atom is -0.495 e. The lowest BCUT2D eigenvalue weighted by molar-refractivity contribution is 0.417. The molecule has 132 valence electrons. The van der Waals surface area contributed by atoms with Crippen molar-refractivity contribution in [2.45, 2.75) is 39.0 Å². The zero-order valence-corrected chi connectivity index (χ0v) is 15.0. The summed E-state index contributed by atoms with van der Waals surface area (Å²) in [5.74, 6) is 2.19. The molecule has 0 unspecified atom stereocenters. The number of benzene rings is 1. The van der Waals surface area contributed by atoms with E-state index in [-0.39, 0.29) is 0 Å². The van der Waals surface area contributed by atoms with Crippen molar-refractivity contribution in [2.24, 2.45) is 0 Å². The molecule has 0 fully saturated rings. The maximum absolute atomic E-state index is 5.37. The Morgan fingerprint density at radius 1 is 1.16 bits per heavy atom. The van der Waals surface area contributed by atoms with Crippen LogP contribution in [-0.2, 0) is 0 Å². The predicted octanol–water partition coefficient (Wildman–Crippen LogP) is 4.84. The molecule has 1 heterocycles. The number of methoxy groups -OCH3 is 1. The van der Waals surface area contributed by atoms with Crippen LogP contribution in [0, 0.1) is 6.92 Å². The Bertz CT molecular complexity index is 742. The number of anilines is 3. The van der Waals surface area contributed by atoms with E-state index in [0.717, 1.165) is 35.9 Å². The van der Waals surface area contributed by atoms with Crippen LogP contribution in [0.4, 0.5) is 17.5 Å². The van der Waals surface area contributed by atoms with E-state index in [4.69, 9.17) is 4.74 Å². The van der Waals surface area contributed by atoms with Gasteiger partial charge in [-0.1, -0.05) is 23.8 Å². The molecule has 25 heavy (non-hydrogen) atoms. The van der Waals surface area contributed by atoms with E-state index in [9.17, 15) is 0 Å². The molecule has 5 nitrogen and oxygen atoms in total. The van der Waals surface area contributed by atoms with Gasteiger partial charge in [0.25, 0.3) is 0 Å². The van der Waals surface area contributed by atoms with Crippen LogP contribution in [0.1, 0.15) is 37.8 Å². The Labute approximate surface area is 149 Å². The van der Waals surface area contributed by atoms with E-state index in [0.29, 0.717) is 5.95 Å². The molecule has 0 saturated carbocycles. The number of hydrogen-bond donors (Lipinski definition) is 2. The van der Waals surface area contributed by atoms with E-state index in [2.05, 4.69) is 26.7 Å². The van der Waals surface area contributed by atoms with Crippen LogP contribution in [0.3, 0.4) is 0 Å². The van der Waals surface area contributed by atoms with Crippen molar-refractivity contribution in [1.82, 2.24) is 9.97 Å². The average molecular weight is 338 g/mol. The molecule has 3 rings (SSSR count). The molecule has 0 bridgehead atoms. The first-order chi connectivity index (χ1) is 12.2. The summed E-state index contributed by atoms with van der Waals surface area (Å²) in [5.41, 5.74) is 3.34. The van der Waals surface area contributed by atoms with Crippen molar-refractivity contribution >= 4 is 17.5 Å². The van der Waals surface area contributed by atoms with Crippen LogP contribution in [0.25, 0.3) is 0 Å². The lowest BCUT2D eigenvalue weighted by Crippen LogP contribution is -2.08. The number of ether oxygens (including phenoxy) is 1. The van der Waals surface area contributed by atoms with Crippen molar-refractivity contribution in [3.8, 4) is 5.75 Å². The molecule has 2 aromatic rings. The molecule has 1 aromatic heterocycles. The largest absolute Gasteiger partial charge is 0.495 e. The molecular formula is C20H26N4O. The smallest absolute Gasteiger partial charge is 0.229 e. The van der Waals surface area contributed by atoms with Gasteiger partial charge in [-0.15, -0.1) is 0 Å². The van der Waals surface area contributed by atoms with E-state index in [1.54, 1.807) is 12.7 Å². The fraction of sp³-hybridized carbons (Fsp3) is 0.400. The molecule has 5 heteroatoms. The lowest BCUT2D eigenvalue weighted by Gasteiger charge is -2.14. The number of rotatable bonds is 7. The van der Waals surface area contributed by atoms with Gasteiger partial charge >= 0.3 is 0 Å². The molecule has 0 atom stereocenters. The lowest BCUT2D eigenvalue weighted by atomic mass is 9.97. The quantitative estimate of drug-likeness (QED) is 0.707. The van der Waals surface area contributed by atoms with Crippen LogP contribution in [0.2, 0.25) is 0 Å². The Kier molecular flexibility index (Phi) is 5.88. The molecule has 0 amide bonds. The minimum atomic E-state index is 0.573. The van der Waals surface area contributed by atoms with Gasteiger partial charge in [0.1, 0.15) is 11.6 Å². The van der Waals surface area contributed by atoms with Gasteiger partial charge in [0.05, 0.1) is 12.8 Å². The maximum atomic E-state index is 5.37. The van der Waals surface area contributed by atoms with Crippen molar-refractivity contribution < 1.29 is 4.74 Å². The molecule has 2 N–H and O–H groups in total. The fourth-order valence-corrected chi connectivity index (χ4v) is 3.07. The number of aryl methyl sites for hydroxylation is 1. The van der Waals surface area contributed by atoms with Gasteiger partial charge < -0.3 is 15.4 Å². The van der Waals surface area contributed by atoms with E-state index >= 15 is 0 Å². The zero-order chi connectivity index (χ0) is 17.5. The highest BCUT2D eigenvalue weighted by atomic mass is 16.5. The third-order valence-corrected chi connectivity index (χ3v) is 4.34. The van der Waals surface area contributed by atoms with E-state index < -0.39 is 0 Å². The van der Waals surface area contributed by atoms with E-state index in [1.807, 2.05) is 37.3 Å². The molecule has 1 aliphatic rings. The predicted molar refractivity (Wildman–Crippen MR) is 103 cm³/mol. The normalized spacial score (nSPS) is 13.9. The number of nitrogens with one attached hydrogen (secondary N) is 2. The monoisotopic (exact) mass is 338 g/mol. The van der Waals surface area contributed by atoms with Crippen molar-refractivity contribution in [3.63, 3.8) is 0 Å². The third-order valence-electron chi connectivity index (χ3n) is 4.34. The molecular weight excluding hydrogens is 312 g/mol. The summed E-state index contributed by atoms with van der Waals surface area (Å²) in [6, 6.07) is 9.73. The Morgan fingerprint density at radius 2 is 2.04 bits per heavy atom. The zero-order valence-electron chi connectivity index (χ0n) is 15.0. The van der Waals surface area contributed by atoms with Crippen molar-refractivity contribution in [2.75, 3.05) is 24.3 Å². The second kappa shape index (κ2) is 8.51. The fourth-order valence-electron chi connectivity index (χ4n) is 3.07. The van der Waals surface area contributed by atoms with Gasteiger partial charge in [-0.05, 0) is 51.2 Å². The van der Waals surface area contributed by atoms with Crippen LogP contribution in [0.15, 0.2) is 42.0 Å². The second-order valence-corrected chi connectivity index (χ2v) is 6.33. The Morgan fingerprint density at radius 3 is 2.84 bits per heavy atom. The third kappa shape index (κ3) is 4.95. The molecule has 0 saturated heterocycles. The maximum Gasteiger partial charge on any atom is 0.229 e. The minimum absolute atomic E-state index is 0.573. The van der Waals surface area contributed by atoms with E-state index in [1.165, 1.54) is 25.7 Å². The Balaban J connectivity index is 1.64. The molecule has 0 spiro atoms. The van der Waals surface area contributed by atoms with Crippen LogP contribution < -0.4 is 15.4 Å². The summed E-state index contributed by atoms with van der Waals surface area (Å²) < 4.78 is 5.37. The average Bonchev–Trinajstić information content (AvgIpc) is 2.63. The number of para-hydroxylation sites is 2. The van der Waals surface area contributed by atoms with Crippen LogP contribution >= 0.6 is 0 Å². The van der Waals surface area contributed by atoms with Crippen LogP contribution in [0.5, 0.6) is 5.75 Å². The SMILES string of the molecule is COc1ccccc1Nc1nc(C)cc(NCCC2=CCCCC2)n1. The van der Waals surface area contributed by atoms with Crippen molar-refractivity contribution in [1.29, 1.82) is 0 Å². The summed E-state index contributed by atoms with van der Waals surface area (Å²) in [6.45, 7) is 2.88. The van der Waals surface area contributed by atoms with Gasteiger partial charge in [-0.2, -0.15) is 4.98 Å². The second-order valence-electron chi connectivity index (χ2n) is 6.33. The summed E-state index contributed by atoms with van der Waals surface area (Å²) >= 11 is 0. The number of aromatic nitrogens is 2. The number of hydrogen-bond acceptors (Lipinski definition) is 5. The van der Waals surface area contributed by atoms with Crippen LogP contribution in [-0.4, -0.2) is 23.6 Å². The number of nitrogens with zero attached hydrogens (tertiary/aromatic N) is 2. The molecule has 0 radical (unpaired) electrons. The van der Waals surface area contributed by atoms with Gasteiger partial charge in [0.15, 0.2) is 0 Å². The topological polar surface area (TPSA) is 59.1 Å². The Hall–Kier alpha value is -2.56. The highest BCUT2D eigenvalue weighted by Crippen LogP contribution is 2.26.